The standard InChI is InChI=1S/C20H17F5N8/c1-10-6-13(18(21)22)33(30-10)16-7-15(27-9-28-16)29-19-11(2)17(31-32(19)3)12-4-5-14(26-8-12)20(23,24)25/h4-9,18H,1-3H3,(H,27,28,29). The number of nitrogens with zero attached hydrogens (tertiary/aromatic N) is 7. The molecule has 0 spiro atoms. The Balaban J connectivity index is 1.65. The predicted octanol–water partition coefficient (Wildman–Crippen LogP) is 4.77. The summed E-state index contributed by atoms with van der Waals surface area (Å²) in [7, 11) is 1.64. The van der Waals surface area contributed by atoms with Crippen LogP contribution in [0.4, 0.5) is 33.6 Å². The average Bonchev–Trinajstić information content (AvgIpc) is 3.29. The van der Waals surface area contributed by atoms with Crippen LogP contribution in [0.15, 0.2) is 36.8 Å². The first-order valence-electron chi connectivity index (χ1n) is 9.56. The molecule has 0 radical (unpaired) electrons. The van der Waals surface area contributed by atoms with Crippen LogP contribution in [0.2, 0.25) is 0 Å². The fourth-order valence-electron chi connectivity index (χ4n) is 3.29. The van der Waals surface area contributed by atoms with Gasteiger partial charge >= 0.3 is 6.18 Å². The molecule has 0 saturated carbocycles. The largest absolute Gasteiger partial charge is 0.433 e. The minimum absolute atomic E-state index is 0.142. The third-order valence-corrected chi connectivity index (χ3v) is 4.81. The molecule has 0 aromatic carbocycles. The fourth-order valence-corrected chi connectivity index (χ4v) is 3.29. The quantitative estimate of drug-likeness (QED) is 0.428. The molecular weight excluding hydrogens is 447 g/mol. The van der Waals surface area contributed by atoms with Gasteiger partial charge in [0.05, 0.1) is 11.4 Å². The molecule has 0 aliphatic carbocycles. The van der Waals surface area contributed by atoms with E-state index < -0.39 is 18.3 Å². The van der Waals surface area contributed by atoms with Crippen molar-refractivity contribution in [3.05, 3.63) is 59.4 Å². The smallest absolute Gasteiger partial charge is 0.325 e. The summed E-state index contributed by atoms with van der Waals surface area (Å²) in [5.74, 6) is 0.930. The van der Waals surface area contributed by atoms with Crippen molar-refractivity contribution in [2.24, 2.45) is 7.05 Å². The van der Waals surface area contributed by atoms with E-state index >= 15 is 0 Å². The zero-order valence-corrected chi connectivity index (χ0v) is 17.6. The van der Waals surface area contributed by atoms with Gasteiger partial charge in [-0.05, 0) is 32.0 Å². The van der Waals surface area contributed by atoms with Crippen LogP contribution in [0.25, 0.3) is 17.1 Å². The summed E-state index contributed by atoms with van der Waals surface area (Å²) in [6, 6.07) is 4.91. The molecule has 0 aliphatic rings. The van der Waals surface area contributed by atoms with Crippen molar-refractivity contribution in [3.8, 4) is 17.1 Å². The van der Waals surface area contributed by atoms with Crippen LogP contribution in [-0.2, 0) is 13.2 Å². The lowest BCUT2D eigenvalue weighted by atomic mass is 10.1. The van der Waals surface area contributed by atoms with Crippen LogP contribution in [0, 0.1) is 13.8 Å². The number of pyridine rings is 1. The summed E-state index contributed by atoms with van der Waals surface area (Å²) in [5, 5.41) is 11.5. The molecule has 0 atom stereocenters. The van der Waals surface area contributed by atoms with Gasteiger partial charge in [0.1, 0.15) is 29.4 Å². The number of hydrogen-bond donors (Lipinski definition) is 1. The molecule has 0 fully saturated rings. The van der Waals surface area contributed by atoms with E-state index in [9.17, 15) is 22.0 Å². The van der Waals surface area contributed by atoms with Gasteiger partial charge in [-0.3, -0.25) is 9.67 Å². The molecule has 0 saturated heterocycles. The molecule has 4 rings (SSSR count). The van der Waals surface area contributed by atoms with Crippen molar-refractivity contribution < 1.29 is 22.0 Å². The van der Waals surface area contributed by atoms with Crippen LogP contribution >= 0.6 is 0 Å². The van der Waals surface area contributed by atoms with Gasteiger partial charge in [0.15, 0.2) is 5.82 Å². The van der Waals surface area contributed by atoms with Gasteiger partial charge in [0.2, 0.25) is 0 Å². The molecule has 8 nitrogen and oxygen atoms in total. The number of nitrogens with one attached hydrogen (secondary N) is 1. The molecule has 4 aromatic rings. The molecule has 33 heavy (non-hydrogen) atoms. The molecule has 4 heterocycles. The predicted molar refractivity (Wildman–Crippen MR) is 108 cm³/mol. The summed E-state index contributed by atoms with van der Waals surface area (Å²) >= 11 is 0. The van der Waals surface area contributed by atoms with E-state index in [1.54, 1.807) is 20.9 Å². The highest BCUT2D eigenvalue weighted by Crippen LogP contribution is 2.32. The molecule has 0 bridgehead atoms. The van der Waals surface area contributed by atoms with Crippen LogP contribution < -0.4 is 5.32 Å². The Hall–Kier alpha value is -3.90. The fraction of sp³-hybridized carbons (Fsp3) is 0.250. The van der Waals surface area contributed by atoms with Crippen LogP contribution in [0.5, 0.6) is 0 Å². The lowest BCUT2D eigenvalue weighted by Gasteiger charge is -2.10. The maximum atomic E-state index is 13.3. The van der Waals surface area contributed by atoms with Gasteiger partial charge in [-0.2, -0.15) is 23.4 Å². The molecule has 0 unspecified atom stereocenters. The summed E-state index contributed by atoms with van der Waals surface area (Å²) < 4.78 is 67.6. The van der Waals surface area contributed by atoms with Crippen molar-refractivity contribution in [1.82, 2.24) is 34.5 Å². The minimum Gasteiger partial charge on any atom is -0.325 e. The van der Waals surface area contributed by atoms with E-state index in [0.717, 1.165) is 16.9 Å². The van der Waals surface area contributed by atoms with Crippen LogP contribution in [-0.4, -0.2) is 34.5 Å². The third kappa shape index (κ3) is 4.38. The number of anilines is 2. The lowest BCUT2D eigenvalue weighted by molar-refractivity contribution is -0.141. The molecule has 172 valence electrons. The van der Waals surface area contributed by atoms with E-state index in [0.29, 0.717) is 28.3 Å². The molecule has 1 N–H and O–H groups in total. The van der Waals surface area contributed by atoms with Gasteiger partial charge < -0.3 is 5.32 Å². The van der Waals surface area contributed by atoms with Crippen molar-refractivity contribution in [1.29, 1.82) is 0 Å². The summed E-state index contributed by atoms with van der Waals surface area (Å²) in [5.41, 5.74) is 0.576. The van der Waals surface area contributed by atoms with Crippen molar-refractivity contribution in [3.63, 3.8) is 0 Å². The van der Waals surface area contributed by atoms with Crippen molar-refractivity contribution >= 4 is 11.6 Å². The summed E-state index contributed by atoms with van der Waals surface area (Å²) in [6.07, 6.45) is -4.96. The van der Waals surface area contributed by atoms with E-state index in [1.807, 2.05) is 0 Å². The topological polar surface area (TPSA) is 86.3 Å². The minimum atomic E-state index is -4.54. The van der Waals surface area contributed by atoms with E-state index in [4.69, 9.17) is 0 Å². The van der Waals surface area contributed by atoms with Crippen LogP contribution in [0.1, 0.15) is 29.1 Å². The van der Waals surface area contributed by atoms with Gasteiger partial charge in [0.25, 0.3) is 6.43 Å². The normalized spacial score (nSPS) is 11.9. The third-order valence-electron chi connectivity index (χ3n) is 4.81. The SMILES string of the molecule is Cc1cc(C(F)F)n(-c2cc(Nc3c(C)c(-c4ccc(C(F)(F)F)nc4)nn3C)ncn2)n1. The van der Waals surface area contributed by atoms with Gasteiger partial charge in [-0.15, -0.1) is 0 Å². The zero-order valence-electron chi connectivity index (χ0n) is 17.6. The average molecular weight is 464 g/mol. The monoisotopic (exact) mass is 464 g/mol. The van der Waals surface area contributed by atoms with E-state index in [1.165, 1.54) is 29.2 Å². The highest BCUT2D eigenvalue weighted by Gasteiger charge is 2.32. The summed E-state index contributed by atoms with van der Waals surface area (Å²) in [6.45, 7) is 3.33. The highest BCUT2D eigenvalue weighted by molar-refractivity contribution is 5.71. The summed E-state index contributed by atoms with van der Waals surface area (Å²) in [4.78, 5) is 11.6. The Morgan fingerprint density at radius 3 is 2.39 bits per heavy atom. The Morgan fingerprint density at radius 2 is 1.76 bits per heavy atom. The Labute approximate surface area is 184 Å². The molecule has 4 aromatic heterocycles. The number of alkyl halides is 5. The second-order valence-electron chi connectivity index (χ2n) is 7.19. The molecule has 13 heteroatoms. The van der Waals surface area contributed by atoms with E-state index in [-0.39, 0.29) is 17.3 Å². The number of rotatable bonds is 5. The number of halogens is 5. The van der Waals surface area contributed by atoms with E-state index in [2.05, 4.69) is 30.5 Å². The Bertz CT molecular complexity index is 1290. The maximum Gasteiger partial charge on any atom is 0.433 e. The molecule has 0 amide bonds. The first-order valence-corrected chi connectivity index (χ1v) is 9.56. The van der Waals surface area contributed by atoms with Crippen molar-refractivity contribution in [2.75, 3.05) is 5.32 Å². The van der Waals surface area contributed by atoms with Gasteiger partial charge in [0, 0.05) is 30.4 Å². The molecule has 0 aliphatic heterocycles. The lowest BCUT2D eigenvalue weighted by Crippen LogP contribution is -2.07. The number of aryl methyl sites for hydroxylation is 2. The Morgan fingerprint density at radius 1 is 1.00 bits per heavy atom. The first kappa shape index (κ1) is 22.3. The van der Waals surface area contributed by atoms with Crippen LogP contribution in [0.3, 0.4) is 0 Å². The second kappa shape index (κ2) is 8.22. The molecular formula is C20H17F5N8. The van der Waals surface area contributed by atoms with Crippen molar-refractivity contribution in [2.45, 2.75) is 26.4 Å². The maximum absolute atomic E-state index is 13.3. The highest BCUT2D eigenvalue weighted by atomic mass is 19.4. The Kier molecular flexibility index (Phi) is 5.56. The second-order valence-corrected chi connectivity index (χ2v) is 7.19. The number of aromatic nitrogens is 7. The first-order chi connectivity index (χ1) is 15.5. The number of hydrogen-bond acceptors (Lipinski definition) is 6. The van der Waals surface area contributed by atoms with Gasteiger partial charge in [-0.25, -0.2) is 23.4 Å². The van der Waals surface area contributed by atoms with Gasteiger partial charge in [-0.1, -0.05) is 0 Å². The zero-order chi connectivity index (χ0) is 23.9.